The zero-order valence-electron chi connectivity index (χ0n) is 14.5. The van der Waals surface area contributed by atoms with Crippen molar-refractivity contribution in [1.82, 2.24) is 10.6 Å². The SMILES string of the molecule is CC[C@H](C)[C@@H](NC(=O)NC1CCS(=O)(=O)C1)C(=O)Nc1ccccc1. The van der Waals surface area contributed by atoms with Gasteiger partial charge in [0.25, 0.3) is 0 Å². The fourth-order valence-corrected chi connectivity index (χ4v) is 4.39. The molecule has 1 fully saturated rings. The van der Waals surface area contributed by atoms with Crippen LogP contribution in [-0.2, 0) is 14.6 Å². The third-order valence-electron chi connectivity index (χ3n) is 4.39. The molecule has 0 bridgehead atoms. The Morgan fingerprint density at radius 1 is 1.24 bits per heavy atom. The predicted molar refractivity (Wildman–Crippen MR) is 97.0 cm³/mol. The van der Waals surface area contributed by atoms with E-state index < -0.39 is 28.0 Å². The van der Waals surface area contributed by atoms with Gasteiger partial charge in [-0.25, -0.2) is 13.2 Å². The minimum absolute atomic E-state index is 0.0510. The van der Waals surface area contributed by atoms with E-state index in [1.54, 1.807) is 12.1 Å². The molecule has 0 aromatic heterocycles. The van der Waals surface area contributed by atoms with Gasteiger partial charge in [-0.05, 0) is 24.5 Å². The van der Waals surface area contributed by atoms with Crippen LogP contribution in [0.2, 0.25) is 0 Å². The van der Waals surface area contributed by atoms with Crippen molar-refractivity contribution in [2.75, 3.05) is 16.8 Å². The molecule has 1 aliphatic rings. The summed E-state index contributed by atoms with van der Waals surface area (Å²) in [5, 5.41) is 8.13. The Kier molecular flexibility index (Phi) is 6.41. The number of amides is 3. The van der Waals surface area contributed by atoms with Crippen LogP contribution in [0.3, 0.4) is 0 Å². The lowest BCUT2D eigenvalue weighted by Gasteiger charge is -2.24. The van der Waals surface area contributed by atoms with Crippen LogP contribution >= 0.6 is 0 Å². The molecule has 1 aliphatic heterocycles. The second-order valence-electron chi connectivity index (χ2n) is 6.44. The summed E-state index contributed by atoms with van der Waals surface area (Å²) >= 11 is 0. The van der Waals surface area contributed by atoms with Crippen molar-refractivity contribution in [3.05, 3.63) is 30.3 Å². The third kappa shape index (κ3) is 5.74. The number of sulfone groups is 1. The number of para-hydroxylation sites is 1. The Bertz CT molecular complexity index is 706. The van der Waals surface area contributed by atoms with Crippen molar-refractivity contribution >= 4 is 27.5 Å². The highest BCUT2D eigenvalue weighted by atomic mass is 32.2. The number of urea groups is 1. The van der Waals surface area contributed by atoms with Gasteiger partial charge in [0.2, 0.25) is 5.91 Å². The lowest BCUT2D eigenvalue weighted by molar-refractivity contribution is -0.119. The molecular weight excluding hydrogens is 342 g/mol. The Hall–Kier alpha value is -2.09. The highest BCUT2D eigenvalue weighted by Crippen LogP contribution is 2.13. The molecule has 8 heteroatoms. The van der Waals surface area contributed by atoms with E-state index in [-0.39, 0.29) is 23.3 Å². The van der Waals surface area contributed by atoms with Gasteiger partial charge in [-0.15, -0.1) is 0 Å². The van der Waals surface area contributed by atoms with Crippen molar-refractivity contribution in [2.24, 2.45) is 5.92 Å². The fourth-order valence-electron chi connectivity index (χ4n) is 2.72. The van der Waals surface area contributed by atoms with Crippen molar-refractivity contribution < 1.29 is 18.0 Å². The number of benzene rings is 1. The van der Waals surface area contributed by atoms with E-state index in [1.807, 2.05) is 32.0 Å². The first-order valence-corrected chi connectivity index (χ1v) is 10.3. The van der Waals surface area contributed by atoms with Gasteiger partial charge >= 0.3 is 6.03 Å². The second kappa shape index (κ2) is 8.33. The lowest BCUT2D eigenvalue weighted by atomic mass is 9.98. The maximum absolute atomic E-state index is 12.5. The van der Waals surface area contributed by atoms with Crippen LogP contribution in [0.25, 0.3) is 0 Å². The highest BCUT2D eigenvalue weighted by Gasteiger charge is 2.31. The van der Waals surface area contributed by atoms with Gasteiger partial charge in [-0.1, -0.05) is 38.5 Å². The monoisotopic (exact) mass is 367 g/mol. The predicted octanol–water partition coefficient (Wildman–Crippen LogP) is 1.53. The minimum Gasteiger partial charge on any atom is -0.334 e. The molecule has 0 saturated carbocycles. The number of carbonyl (C=O) groups is 2. The summed E-state index contributed by atoms with van der Waals surface area (Å²) in [6.45, 7) is 3.83. The maximum atomic E-state index is 12.5. The molecule has 1 unspecified atom stereocenters. The number of hydrogen-bond acceptors (Lipinski definition) is 4. The topological polar surface area (TPSA) is 104 Å². The van der Waals surface area contributed by atoms with Crippen molar-refractivity contribution in [2.45, 2.75) is 38.8 Å². The molecule has 0 radical (unpaired) electrons. The molecule has 1 aromatic carbocycles. The average molecular weight is 367 g/mol. The van der Waals surface area contributed by atoms with Crippen LogP contribution in [0.1, 0.15) is 26.7 Å². The summed E-state index contributed by atoms with van der Waals surface area (Å²) in [7, 11) is -3.07. The first-order valence-electron chi connectivity index (χ1n) is 8.44. The van der Waals surface area contributed by atoms with E-state index in [0.29, 0.717) is 18.5 Å². The summed E-state index contributed by atoms with van der Waals surface area (Å²) in [5.41, 5.74) is 0.657. The smallest absolute Gasteiger partial charge is 0.315 e. The second-order valence-corrected chi connectivity index (χ2v) is 8.66. The van der Waals surface area contributed by atoms with Crippen LogP contribution in [0.4, 0.5) is 10.5 Å². The van der Waals surface area contributed by atoms with Gasteiger partial charge in [0, 0.05) is 11.7 Å². The molecule has 25 heavy (non-hydrogen) atoms. The Labute approximate surface area is 148 Å². The lowest BCUT2D eigenvalue weighted by Crippen LogP contribution is -2.53. The highest BCUT2D eigenvalue weighted by molar-refractivity contribution is 7.91. The minimum atomic E-state index is -3.07. The first-order chi connectivity index (χ1) is 11.8. The van der Waals surface area contributed by atoms with Gasteiger partial charge in [-0.2, -0.15) is 0 Å². The molecule has 2 rings (SSSR count). The molecule has 3 amide bonds. The molecule has 1 aromatic rings. The van der Waals surface area contributed by atoms with Crippen molar-refractivity contribution in [3.63, 3.8) is 0 Å². The normalized spacial score (nSPS) is 21.1. The van der Waals surface area contributed by atoms with Crippen LogP contribution in [0.15, 0.2) is 30.3 Å². The number of nitrogens with one attached hydrogen (secondary N) is 3. The Morgan fingerprint density at radius 3 is 2.48 bits per heavy atom. The zero-order chi connectivity index (χ0) is 18.4. The Balaban J connectivity index is 1.97. The van der Waals surface area contributed by atoms with E-state index >= 15 is 0 Å². The zero-order valence-corrected chi connectivity index (χ0v) is 15.3. The van der Waals surface area contributed by atoms with E-state index in [4.69, 9.17) is 0 Å². The summed E-state index contributed by atoms with van der Waals surface area (Å²) in [6.07, 6.45) is 1.12. The number of hydrogen-bond donors (Lipinski definition) is 3. The largest absolute Gasteiger partial charge is 0.334 e. The van der Waals surface area contributed by atoms with E-state index in [9.17, 15) is 18.0 Å². The van der Waals surface area contributed by atoms with Gasteiger partial charge in [0.1, 0.15) is 6.04 Å². The molecule has 0 aliphatic carbocycles. The first kappa shape index (κ1) is 19.2. The fraction of sp³-hybridized carbons (Fsp3) is 0.529. The Morgan fingerprint density at radius 2 is 1.92 bits per heavy atom. The molecule has 1 heterocycles. The average Bonchev–Trinajstić information content (AvgIpc) is 2.91. The third-order valence-corrected chi connectivity index (χ3v) is 6.16. The number of rotatable bonds is 6. The molecule has 3 atom stereocenters. The van der Waals surface area contributed by atoms with Crippen LogP contribution in [-0.4, -0.2) is 43.9 Å². The molecular formula is C17H25N3O4S. The molecule has 1 saturated heterocycles. The summed E-state index contributed by atoms with van der Waals surface area (Å²) in [4.78, 5) is 24.7. The van der Waals surface area contributed by atoms with Gasteiger partial charge in [-0.3, -0.25) is 4.79 Å². The van der Waals surface area contributed by atoms with Crippen LogP contribution < -0.4 is 16.0 Å². The molecule has 0 spiro atoms. The van der Waals surface area contributed by atoms with E-state index in [0.717, 1.165) is 0 Å². The van der Waals surface area contributed by atoms with Crippen molar-refractivity contribution in [1.29, 1.82) is 0 Å². The molecule has 138 valence electrons. The summed E-state index contributed by atoms with van der Waals surface area (Å²) in [6, 6.07) is 7.40. The maximum Gasteiger partial charge on any atom is 0.315 e. The summed E-state index contributed by atoms with van der Waals surface area (Å²) in [5.74, 6) is -0.331. The molecule has 7 nitrogen and oxygen atoms in total. The van der Waals surface area contributed by atoms with Crippen LogP contribution in [0, 0.1) is 5.92 Å². The van der Waals surface area contributed by atoms with Gasteiger partial charge < -0.3 is 16.0 Å². The standard InChI is InChI=1S/C17H25N3O4S/c1-3-12(2)15(16(21)18-13-7-5-4-6-8-13)20-17(22)19-14-9-10-25(23,24)11-14/h4-8,12,14-15H,3,9-11H2,1-2H3,(H,18,21)(H2,19,20,22)/t12-,14?,15+/m0/s1. The molecule has 3 N–H and O–H groups in total. The van der Waals surface area contributed by atoms with Crippen molar-refractivity contribution in [3.8, 4) is 0 Å². The van der Waals surface area contributed by atoms with E-state index in [1.165, 1.54) is 0 Å². The quantitative estimate of drug-likeness (QED) is 0.709. The van der Waals surface area contributed by atoms with Crippen LogP contribution in [0.5, 0.6) is 0 Å². The number of anilines is 1. The number of carbonyl (C=O) groups excluding carboxylic acids is 2. The van der Waals surface area contributed by atoms with Gasteiger partial charge in [0.05, 0.1) is 11.5 Å². The summed E-state index contributed by atoms with van der Waals surface area (Å²) < 4.78 is 22.9. The van der Waals surface area contributed by atoms with E-state index in [2.05, 4.69) is 16.0 Å². The van der Waals surface area contributed by atoms with Gasteiger partial charge in [0.15, 0.2) is 9.84 Å².